The Morgan fingerprint density at radius 1 is 1.00 bits per heavy atom. The van der Waals surface area contributed by atoms with Gasteiger partial charge in [-0.3, -0.25) is 9.78 Å². The summed E-state index contributed by atoms with van der Waals surface area (Å²) in [7, 11) is 0. The van der Waals surface area contributed by atoms with E-state index in [1.165, 1.54) is 6.20 Å². The van der Waals surface area contributed by atoms with Gasteiger partial charge in [0.2, 0.25) is 0 Å². The van der Waals surface area contributed by atoms with Crippen molar-refractivity contribution in [3.8, 4) is 0 Å². The summed E-state index contributed by atoms with van der Waals surface area (Å²) in [5, 5.41) is 0. The van der Waals surface area contributed by atoms with Crippen LogP contribution in [0, 0.1) is 0 Å². The molecule has 0 atom stereocenters. The molecule has 0 spiro atoms. The van der Waals surface area contributed by atoms with Gasteiger partial charge < -0.3 is 9.47 Å². The van der Waals surface area contributed by atoms with E-state index in [-0.39, 0.29) is 10.4 Å². The van der Waals surface area contributed by atoms with Gasteiger partial charge in [0.05, 0.1) is 12.4 Å². The van der Waals surface area contributed by atoms with Crippen LogP contribution in [0.1, 0.15) is 41.5 Å². The number of halogens is 1. The molecular formula is C15H20BrN3O5. The first-order valence-corrected chi connectivity index (χ1v) is 7.87. The molecule has 0 aliphatic heterocycles. The lowest BCUT2D eigenvalue weighted by atomic mass is 10.2. The third-order valence-electron chi connectivity index (χ3n) is 2.17. The molecule has 0 saturated heterocycles. The van der Waals surface area contributed by atoms with Crippen molar-refractivity contribution in [2.75, 3.05) is 4.90 Å². The lowest BCUT2D eigenvalue weighted by molar-refractivity contribution is -0.162. The Bertz CT molecular complexity index is 649. The second-order valence-electron chi connectivity index (χ2n) is 6.82. The maximum absolute atomic E-state index is 12.4. The first-order chi connectivity index (χ1) is 10.8. The fraction of sp³-hybridized carbons (Fsp3) is 0.533. The standard InChI is InChI=1S/C15H20BrN3O5/c1-14(2,3)23-12(21)11(20)19(13(22)24-15(4,5)6)10-8-17-7-9(16)18-10/h7-8H,1-6H3. The van der Waals surface area contributed by atoms with Crippen LogP contribution in [0.3, 0.4) is 0 Å². The highest BCUT2D eigenvalue weighted by molar-refractivity contribution is 9.10. The SMILES string of the molecule is CC(C)(C)OC(=O)C(=O)N(C(=O)OC(C)(C)C)c1cncc(Br)n1. The van der Waals surface area contributed by atoms with Crippen LogP contribution in [0.4, 0.5) is 10.6 Å². The summed E-state index contributed by atoms with van der Waals surface area (Å²) in [5.74, 6) is -2.57. The minimum atomic E-state index is -1.22. The van der Waals surface area contributed by atoms with Gasteiger partial charge in [0.15, 0.2) is 5.82 Å². The molecule has 1 aromatic rings. The smallest absolute Gasteiger partial charge is 0.423 e. The average molecular weight is 402 g/mol. The number of imide groups is 1. The van der Waals surface area contributed by atoms with Crippen molar-refractivity contribution in [1.82, 2.24) is 9.97 Å². The van der Waals surface area contributed by atoms with E-state index in [4.69, 9.17) is 9.47 Å². The number of aromatic nitrogens is 2. The molecule has 0 aliphatic rings. The maximum atomic E-state index is 12.4. The molecule has 1 aromatic heterocycles. The highest BCUT2D eigenvalue weighted by atomic mass is 79.9. The second-order valence-corrected chi connectivity index (χ2v) is 7.64. The number of carbonyl (C=O) groups is 3. The van der Waals surface area contributed by atoms with Gasteiger partial charge in [-0.25, -0.2) is 14.6 Å². The quantitative estimate of drug-likeness (QED) is 0.526. The second kappa shape index (κ2) is 7.25. The molecule has 0 radical (unpaired) electrons. The maximum Gasteiger partial charge on any atom is 0.423 e. The largest absolute Gasteiger partial charge is 0.453 e. The number of carbonyl (C=O) groups excluding carboxylic acids is 3. The fourth-order valence-corrected chi connectivity index (χ4v) is 1.74. The van der Waals surface area contributed by atoms with E-state index in [2.05, 4.69) is 25.9 Å². The van der Waals surface area contributed by atoms with Crippen molar-refractivity contribution >= 4 is 39.7 Å². The van der Waals surface area contributed by atoms with Crippen molar-refractivity contribution in [1.29, 1.82) is 0 Å². The number of nitrogens with zero attached hydrogens (tertiary/aromatic N) is 3. The molecule has 0 bridgehead atoms. The number of amides is 2. The van der Waals surface area contributed by atoms with Crippen molar-refractivity contribution in [2.24, 2.45) is 0 Å². The van der Waals surface area contributed by atoms with Gasteiger partial charge in [-0.05, 0) is 57.5 Å². The van der Waals surface area contributed by atoms with Crippen molar-refractivity contribution < 1.29 is 23.9 Å². The number of hydrogen-bond acceptors (Lipinski definition) is 7. The van der Waals surface area contributed by atoms with Crippen LogP contribution in [0.25, 0.3) is 0 Å². The minimum Gasteiger partial charge on any atom is -0.453 e. The molecule has 2 amide bonds. The molecule has 24 heavy (non-hydrogen) atoms. The molecule has 0 aromatic carbocycles. The lowest BCUT2D eigenvalue weighted by Crippen LogP contribution is -2.46. The van der Waals surface area contributed by atoms with E-state index < -0.39 is 29.2 Å². The molecule has 132 valence electrons. The number of hydrogen-bond donors (Lipinski definition) is 0. The van der Waals surface area contributed by atoms with E-state index in [1.807, 2.05) is 0 Å². The van der Waals surface area contributed by atoms with E-state index in [0.717, 1.165) is 6.20 Å². The van der Waals surface area contributed by atoms with Crippen molar-refractivity contribution in [2.45, 2.75) is 52.7 Å². The summed E-state index contributed by atoms with van der Waals surface area (Å²) in [5.41, 5.74) is -1.77. The lowest BCUT2D eigenvalue weighted by Gasteiger charge is -2.26. The topological polar surface area (TPSA) is 98.7 Å². The van der Waals surface area contributed by atoms with Gasteiger partial charge in [-0.2, -0.15) is 4.90 Å². The molecule has 0 saturated carbocycles. The zero-order valence-corrected chi connectivity index (χ0v) is 16.0. The van der Waals surface area contributed by atoms with Gasteiger partial charge in [0.25, 0.3) is 0 Å². The third-order valence-corrected chi connectivity index (χ3v) is 2.56. The van der Waals surface area contributed by atoms with Crippen LogP contribution in [-0.4, -0.2) is 39.1 Å². The van der Waals surface area contributed by atoms with Crippen LogP contribution in [0.5, 0.6) is 0 Å². The van der Waals surface area contributed by atoms with Crippen LogP contribution < -0.4 is 4.90 Å². The molecule has 8 nitrogen and oxygen atoms in total. The van der Waals surface area contributed by atoms with E-state index in [1.54, 1.807) is 41.5 Å². The Labute approximate surface area is 148 Å². The predicted molar refractivity (Wildman–Crippen MR) is 89.3 cm³/mol. The Hall–Kier alpha value is -2.03. The summed E-state index contributed by atoms with van der Waals surface area (Å²) >= 11 is 3.10. The predicted octanol–water partition coefficient (Wildman–Crippen LogP) is 2.85. The van der Waals surface area contributed by atoms with Crippen LogP contribution in [0.2, 0.25) is 0 Å². The number of rotatable bonds is 1. The van der Waals surface area contributed by atoms with Gasteiger partial charge in [-0.1, -0.05) is 0 Å². The normalized spacial score (nSPS) is 11.6. The monoisotopic (exact) mass is 401 g/mol. The van der Waals surface area contributed by atoms with Crippen LogP contribution >= 0.6 is 15.9 Å². The minimum absolute atomic E-state index is 0.158. The third kappa shape index (κ3) is 6.23. The Morgan fingerprint density at radius 2 is 1.54 bits per heavy atom. The molecule has 0 fully saturated rings. The summed E-state index contributed by atoms with van der Waals surface area (Å²) in [6.45, 7) is 9.72. The summed E-state index contributed by atoms with van der Waals surface area (Å²) in [6, 6.07) is 0. The van der Waals surface area contributed by atoms with E-state index in [9.17, 15) is 14.4 Å². The van der Waals surface area contributed by atoms with Crippen molar-refractivity contribution in [3.63, 3.8) is 0 Å². The molecule has 9 heteroatoms. The Morgan fingerprint density at radius 3 is 2.00 bits per heavy atom. The number of ether oxygens (including phenoxy) is 2. The van der Waals surface area contributed by atoms with Gasteiger partial charge >= 0.3 is 18.0 Å². The van der Waals surface area contributed by atoms with Gasteiger partial charge in [0.1, 0.15) is 15.8 Å². The summed E-state index contributed by atoms with van der Waals surface area (Å²) in [4.78, 5) is 45.2. The van der Waals surface area contributed by atoms with Gasteiger partial charge in [0, 0.05) is 0 Å². The Balaban J connectivity index is 3.21. The van der Waals surface area contributed by atoms with Crippen LogP contribution in [-0.2, 0) is 19.1 Å². The van der Waals surface area contributed by atoms with Gasteiger partial charge in [-0.15, -0.1) is 0 Å². The first-order valence-electron chi connectivity index (χ1n) is 7.08. The molecular weight excluding hydrogens is 382 g/mol. The van der Waals surface area contributed by atoms with E-state index in [0.29, 0.717) is 4.90 Å². The summed E-state index contributed by atoms with van der Waals surface area (Å²) in [6.07, 6.45) is 1.48. The highest BCUT2D eigenvalue weighted by Gasteiger charge is 2.36. The van der Waals surface area contributed by atoms with Crippen LogP contribution in [0.15, 0.2) is 17.0 Å². The van der Waals surface area contributed by atoms with Crippen molar-refractivity contribution in [3.05, 3.63) is 17.0 Å². The zero-order valence-electron chi connectivity index (χ0n) is 14.4. The fourth-order valence-electron chi connectivity index (χ4n) is 1.44. The number of esters is 1. The highest BCUT2D eigenvalue weighted by Crippen LogP contribution is 2.19. The summed E-state index contributed by atoms with van der Waals surface area (Å²) < 4.78 is 10.5. The molecule has 0 aliphatic carbocycles. The first kappa shape index (κ1) is 20.0. The molecule has 1 rings (SSSR count). The molecule has 0 unspecified atom stereocenters. The Kier molecular flexibility index (Phi) is 6.04. The number of anilines is 1. The molecule has 0 N–H and O–H groups in total. The van der Waals surface area contributed by atoms with E-state index >= 15 is 0 Å². The average Bonchev–Trinajstić information content (AvgIpc) is 2.34. The zero-order chi connectivity index (χ0) is 18.7. The molecule has 1 heterocycles.